The molecule has 1 N–H and O–H groups in total. The van der Waals surface area contributed by atoms with Crippen LogP contribution in [0.1, 0.15) is 28.4 Å². The van der Waals surface area contributed by atoms with Gasteiger partial charge in [0.2, 0.25) is 5.91 Å². The monoisotopic (exact) mass is 327 g/mol. The van der Waals surface area contributed by atoms with Crippen LogP contribution in [0.4, 0.5) is 0 Å². The van der Waals surface area contributed by atoms with Gasteiger partial charge in [-0.1, -0.05) is 24.3 Å². The fourth-order valence-electron chi connectivity index (χ4n) is 2.07. The van der Waals surface area contributed by atoms with E-state index in [1.807, 2.05) is 31.2 Å². The molecule has 0 aliphatic rings. The Hall–Kier alpha value is -2.82. The van der Waals surface area contributed by atoms with Gasteiger partial charge in [-0.05, 0) is 42.3 Å². The number of esters is 1. The van der Waals surface area contributed by atoms with Crippen LogP contribution in [0.15, 0.2) is 48.5 Å². The molecule has 5 heteroatoms. The van der Waals surface area contributed by atoms with Crippen LogP contribution < -0.4 is 10.1 Å². The van der Waals surface area contributed by atoms with Crippen molar-refractivity contribution in [1.82, 2.24) is 5.32 Å². The highest BCUT2D eigenvalue weighted by Gasteiger charge is 2.07. The van der Waals surface area contributed by atoms with Gasteiger partial charge in [0.25, 0.3) is 0 Å². The minimum absolute atomic E-state index is 0.0907. The first-order valence-corrected chi connectivity index (χ1v) is 7.74. The van der Waals surface area contributed by atoms with Crippen molar-refractivity contribution in [3.63, 3.8) is 0 Å². The van der Waals surface area contributed by atoms with Crippen molar-refractivity contribution in [2.75, 3.05) is 13.2 Å². The topological polar surface area (TPSA) is 64.6 Å². The number of ether oxygens (including phenoxy) is 2. The molecule has 0 unspecified atom stereocenters. The molecule has 0 heterocycles. The van der Waals surface area contributed by atoms with Gasteiger partial charge in [0.15, 0.2) is 0 Å². The molecule has 2 rings (SSSR count). The van der Waals surface area contributed by atoms with Crippen LogP contribution in [0, 0.1) is 6.92 Å². The molecule has 0 saturated carbocycles. The van der Waals surface area contributed by atoms with Gasteiger partial charge in [-0.2, -0.15) is 0 Å². The molecule has 2 aromatic carbocycles. The van der Waals surface area contributed by atoms with Crippen molar-refractivity contribution in [3.8, 4) is 5.75 Å². The Morgan fingerprint density at radius 3 is 2.46 bits per heavy atom. The lowest BCUT2D eigenvalue weighted by Gasteiger charge is -2.08. The van der Waals surface area contributed by atoms with E-state index < -0.39 is 5.97 Å². The zero-order chi connectivity index (χ0) is 17.4. The van der Waals surface area contributed by atoms with Crippen LogP contribution in [0.25, 0.3) is 0 Å². The maximum absolute atomic E-state index is 11.9. The minimum atomic E-state index is -0.395. The SMILES string of the molecule is CC(=O)NCc1ccc(C(=O)OCCOc2cccc(C)c2)cc1. The second-order valence-electron chi connectivity index (χ2n) is 5.41. The summed E-state index contributed by atoms with van der Waals surface area (Å²) in [5.41, 5.74) is 2.51. The summed E-state index contributed by atoms with van der Waals surface area (Å²) in [6.07, 6.45) is 0. The standard InChI is InChI=1S/C19H21NO4/c1-14-4-3-5-18(12-14)23-10-11-24-19(22)17-8-6-16(7-9-17)13-20-15(2)21/h3-9,12H,10-11,13H2,1-2H3,(H,20,21). The highest BCUT2D eigenvalue weighted by atomic mass is 16.6. The zero-order valence-electron chi connectivity index (χ0n) is 13.9. The van der Waals surface area contributed by atoms with Gasteiger partial charge in [0.05, 0.1) is 5.56 Å². The quantitative estimate of drug-likeness (QED) is 0.627. The maximum Gasteiger partial charge on any atom is 0.338 e. The van der Waals surface area contributed by atoms with Gasteiger partial charge < -0.3 is 14.8 Å². The van der Waals surface area contributed by atoms with E-state index >= 15 is 0 Å². The second kappa shape index (κ2) is 8.72. The number of rotatable bonds is 7. The van der Waals surface area contributed by atoms with Crippen LogP contribution in [0.2, 0.25) is 0 Å². The first-order valence-electron chi connectivity index (χ1n) is 7.74. The van der Waals surface area contributed by atoms with E-state index in [0.717, 1.165) is 16.9 Å². The molecule has 2 aromatic rings. The summed E-state index contributed by atoms with van der Waals surface area (Å²) in [5.74, 6) is 0.273. The molecule has 0 fully saturated rings. The van der Waals surface area contributed by atoms with E-state index in [4.69, 9.17) is 9.47 Å². The molecular weight excluding hydrogens is 306 g/mol. The summed E-state index contributed by atoms with van der Waals surface area (Å²) in [6.45, 7) is 4.37. The third kappa shape index (κ3) is 5.76. The molecule has 0 aromatic heterocycles. The molecule has 0 aliphatic carbocycles. The predicted octanol–water partition coefficient (Wildman–Crippen LogP) is 2.87. The van der Waals surface area contributed by atoms with Crippen molar-refractivity contribution >= 4 is 11.9 Å². The molecule has 24 heavy (non-hydrogen) atoms. The number of benzene rings is 2. The van der Waals surface area contributed by atoms with Crippen LogP contribution in [0.5, 0.6) is 5.75 Å². The number of carbonyl (C=O) groups excluding carboxylic acids is 2. The predicted molar refractivity (Wildman–Crippen MR) is 90.9 cm³/mol. The fraction of sp³-hybridized carbons (Fsp3) is 0.263. The average Bonchev–Trinajstić information content (AvgIpc) is 2.57. The third-order valence-electron chi connectivity index (χ3n) is 3.31. The molecule has 0 aliphatic heterocycles. The van der Waals surface area contributed by atoms with E-state index in [1.165, 1.54) is 6.92 Å². The van der Waals surface area contributed by atoms with E-state index in [9.17, 15) is 9.59 Å². The number of amides is 1. The van der Waals surface area contributed by atoms with Gasteiger partial charge in [-0.15, -0.1) is 0 Å². The first-order chi connectivity index (χ1) is 11.5. The molecule has 0 bridgehead atoms. The van der Waals surface area contributed by atoms with Crippen LogP contribution in [-0.4, -0.2) is 25.1 Å². The maximum atomic E-state index is 11.9. The first kappa shape index (κ1) is 17.5. The van der Waals surface area contributed by atoms with Crippen molar-refractivity contribution in [2.45, 2.75) is 20.4 Å². The van der Waals surface area contributed by atoms with Crippen molar-refractivity contribution in [1.29, 1.82) is 0 Å². The molecule has 0 saturated heterocycles. The molecular formula is C19H21NO4. The normalized spacial score (nSPS) is 10.1. The largest absolute Gasteiger partial charge is 0.490 e. The van der Waals surface area contributed by atoms with E-state index in [0.29, 0.717) is 18.7 Å². The molecule has 1 amide bonds. The van der Waals surface area contributed by atoms with Gasteiger partial charge in [0.1, 0.15) is 19.0 Å². The van der Waals surface area contributed by atoms with Gasteiger partial charge in [0, 0.05) is 13.5 Å². The lowest BCUT2D eigenvalue weighted by atomic mass is 10.1. The van der Waals surface area contributed by atoms with Crippen LogP contribution >= 0.6 is 0 Å². The average molecular weight is 327 g/mol. The lowest BCUT2D eigenvalue weighted by Crippen LogP contribution is -2.19. The van der Waals surface area contributed by atoms with Gasteiger partial charge in [-0.25, -0.2) is 4.79 Å². The highest BCUT2D eigenvalue weighted by Crippen LogP contribution is 2.12. The third-order valence-corrected chi connectivity index (χ3v) is 3.31. The van der Waals surface area contributed by atoms with Gasteiger partial charge >= 0.3 is 5.97 Å². The van der Waals surface area contributed by atoms with Crippen molar-refractivity contribution in [2.24, 2.45) is 0 Å². The van der Waals surface area contributed by atoms with E-state index in [2.05, 4.69) is 5.32 Å². The van der Waals surface area contributed by atoms with Crippen molar-refractivity contribution < 1.29 is 19.1 Å². The zero-order valence-corrected chi connectivity index (χ0v) is 13.9. The Morgan fingerprint density at radius 2 is 1.79 bits per heavy atom. The Bertz CT molecular complexity index is 695. The summed E-state index contributed by atoms with van der Waals surface area (Å²) in [4.78, 5) is 22.8. The molecule has 0 radical (unpaired) electrons. The van der Waals surface area contributed by atoms with Crippen molar-refractivity contribution in [3.05, 3.63) is 65.2 Å². The van der Waals surface area contributed by atoms with E-state index in [1.54, 1.807) is 24.3 Å². The van der Waals surface area contributed by atoms with E-state index in [-0.39, 0.29) is 12.5 Å². The molecule has 5 nitrogen and oxygen atoms in total. The summed E-state index contributed by atoms with van der Waals surface area (Å²) in [6, 6.07) is 14.6. The number of hydrogen-bond acceptors (Lipinski definition) is 4. The minimum Gasteiger partial charge on any atom is -0.490 e. The summed E-state index contributed by atoms with van der Waals surface area (Å²) < 4.78 is 10.7. The number of hydrogen-bond donors (Lipinski definition) is 1. The Morgan fingerprint density at radius 1 is 1.04 bits per heavy atom. The van der Waals surface area contributed by atoms with Gasteiger partial charge in [-0.3, -0.25) is 4.79 Å². The Kier molecular flexibility index (Phi) is 6.37. The number of nitrogens with one attached hydrogen (secondary N) is 1. The summed E-state index contributed by atoms with van der Waals surface area (Å²) in [5, 5.41) is 2.70. The Labute approximate surface area is 141 Å². The summed E-state index contributed by atoms with van der Waals surface area (Å²) >= 11 is 0. The fourth-order valence-corrected chi connectivity index (χ4v) is 2.07. The second-order valence-corrected chi connectivity index (χ2v) is 5.41. The molecule has 0 atom stereocenters. The smallest absolute Gasteiger partial charge is 0.338 e. The Balaban J connectivity index is 1.75. The van der Waals surface area contributed by atoms with Crippen LogP contribution in [-0.2, 0) is 16.1 Å². The summed E-state index contributed by atoms with van der Waals surface area (Å²) in [7, 11) is 0. The molecule has 0 spiro atoms. The van der Waals surface area contributed by atoms with Crippen LogP contribution in [0.3, 0.4) is 0 Å². The number of aryl methyl sites for hydroxylation is 1. The molecule has 126 valence electrons. The number of carbonyl (C=O) groups is 2. The lowest BCUT2D eigenvalue weighted by molar-refractivity contribution is -0.119. The highest BCUT2D eigenvalue weighted by molar-refractivity contribution is 5.89.